The molecule has 3 N–H and O–H groups in total. The summed E-state index contributed by atoms with van der Waals surface area (Å²) in [5.41, 5.74) is 0.507. The Morgan fingerprint density at radius 1 is 1.20 bits per heavy atom. The second kappa shape index (κ2) is 7.45. The molecule has 2 aliphatic rings. The van der Waals surface area contributed by atoms with Crippen LogP contribution in [-0.2, 0) is 9.53 Å². The highest BCUT2D eigenvalue weighted by molar-refractivity contribution is 5.97. The first-order valence-electron chi connectivity index (χ1n) is 8.38. The van der Waals surface area contributed by atoms with Crippen LogP contribution in [0.5, 0.6) is 0 Å². The molecule has 8 heteroatoms. The maximum atomic E-state index is 13.4. The minimum atomic E-state index is -0.936. The van der Waals surface area contributed by atoms with Crippen molar-refractivity contribution < 1.29 is 23.1 Å². The highest BCUT2D eigenvalue weighted by Gasteiger charge is 2.33. The molecule has 2 fully saturated rings. The molecule has 1 aliphatic heterocycles. The Bertz CT molecular complexity index is 667. The summed E-state index contributed by atoms with van der Waals surface area (Å²) in [4.78, 5) is 23.7. The van der Waals surface area contributed by atoms with Crippen LogP contribution in [0.4, 0.5) is 13.6 Å². The van der Waals surface area contributed by atoms with Crippen molar-refractivity contribution in [1.29, 1.82) is 0 Å². The highest BCUT2D eigenvalue weighted by atomic mass is 19.2. The smallest absolute Gasteiger partial charge is 0.321 e. The monoisotopic (exact) mass is 353 g/mol. The van der Waals surface area contributed by atoms with Crippen LogP contribution < -0.4 is 16.0 Å². The summed E-state index contributed by atoms with van der Waals surface area (Å²) in [6.45, 7) is 2.08. The minimum absolute atomic E-state index is 0.164. The van der Waals surface area contributed by atoms with Gasteiger partial charge in [-0.05, 0) is 43.9 Å². The molecule has 1 unspecified atom stereocenters. The molecule has 0 spiro atoms. The molecular formula is C17H21F2N3O3. The Kier molecular flexibility index (Phi) is 5.29. The zero-order valence-corrected chi connectivity index (χ0v) is 13.9. The lowest BCUT2D eigenvalue weighted by Crippen LogP contribution is -2.51. The van der Waals surface area contributed by atoms with Crippen LogP contribution in [0.25, 0.3) is 0 Å². The van der Waals surface area contributed by atoms with Crippen molar-refractivity contribution in [3.05, 3.63) is 35.4 Å². The highest BCUT2D eigenvalue weighted by Crippen LogP contribution is 2.30. The first-order valence-corrected chi connectivity index (χ1v) is 8.38. The van der Waals surface area contributed by atoms with Crippen molar-refractivity contribution >= 4 is 11.9 Å². The molecule has 6 nitrogen and oxygen atoms in total. The standard InChI is InChI=1S/C17H21F2N3O3/c1-9(16(23)22-17(24)21-11-3-4-11)20-14-6-7-25-15(14)10-2-5-12(18)13(19)8-10/h2,5,8-9,11,14-15,20H,3-4,6-7H2,1H3,(H2,21,22,23,24)/t9?,14-,15+/m1/s1. The van der Waals surface area contributed by atoms with E-state index in [1.54, 1.807) is 6.92 Å². The molecule has 1 aliphatic carbocycles. The molecule has 0 bridgehead atoms. The van der Waals surface area contributed by atoms with E-state index in [4.69, 9.17) is 4.74 Å². The number of carbonyl (C=O) groups excluding carboxylic acids is 2. The fraction of sp³-hybridized carbons (Fsp3) is 0.529. The topological polar surface area (TPSA) is 79.5 Å². The van der Waals surface area contributed by atoms with Gasteiger partial charge in [-0.1, -0.05) is 6.07 Å². The molecule has 3 atom stereocenters. The van der Waals surface area contributed by atoms with Crippen molar-refractivity contribution in [2.45, 2.75) is 50.4 Å². The van der Waals surface area contributed by atoms with Crippen LogP contribution >= 0.6 is 0 Å². The zero-order chi connectivity index (χ0) is 18.0. The molecule has 25 heavy (non-hydrogen) atoms. The van der Waals surface area contributed by atoms with Gasteiger partial charge in [0.1, 0.15) is 0 Å². The number of rotatable bonds is 5. The van der Waals surface area contributed by atoms with Crippen molar-refractivity contribution in [2.24, 2.45) is 0 Å². The minimum Gasteiger partial charge on any atom is -0.372 e. The molecule has 0 aromatic heterocycles. The van der Waals surface area contributed by atoms with E-state index in [0.717, 1.165) is 25.0 Å². The first kappa shape index (κ1) is 17.8. The lowest BCUT2D eigenvalue weighted by atomic mass is 10.0. The molecule has 3 rings (SSSR count). The third kappa shape index (κ3) is 4.52. The van der Waals surface area contributed by atoms with Crippen molar-refractivity contribution in [2.75, 3.05) is 6.61 Å². The fourth-order valence-electron chi connectivity index (χ4n) is 2.84. The van der Waals surface area contributed by atoms with Gasteiger partial charge in [0.15, 0.2) is 11.6 Å². The number of urea groups is 1. The van der Waals surface area contributed by atoms with Gasteiger partial charge in [-0.15, -0.1) is 0 Å². The van der Waals surface area contributed by atoms with Gasteiger partial charge in [0, 0.05) is 18.7 Å². The Morgan fingerprint density at radius 3 is 2.64 bits per heavy atom. The quantitative estimate of drug-likeness (QED) is 0.754. The number of imide groups is 1. The largest absolute Gasteiger partial charge is 0.372 e. The van der Waals surface area contributed by atoms with E-state index in [1.165, 1.54) is 6.07 Å². The molecular weight excluding hydrogens is 332 g/mol. The van der Waals surface area contributed by atoms with Gasteiger partial charge in [-0.3, -0.25) is 10.1 Å². The first-order chi connectivity index (χ1) is 11.9. The molecule has 136 valence electrons. The third-order valence-electron chi connectivity index (χ3n) is 4.37. The second-order valence-electron chi connectivity index (χ2n) is 6.49. The van der Waals surface area contributed by atoms with E-state index in [1.807, 2.05) is 0 Å². The number of benzene rings is 1. The number of carbonyl (C=O) groups is 2. The van der Waals surface area contributed by atoms with Gasteiger partial charge < -0.3 is 15.4 Å². The number of hydrogen-bond donors (Lipinski definition) is 3. The SMILES string of the molecule is CC(N[C@@H]1CCO[C@H]1c1ccc(F)c(F)c1)C(=O)NC(=O)NC1CC1. The van der Waals surface area contributed by atoms with E-state index in [-0.39, 0.29) is 12.1 Å². The van der Waals surface area contributed by atoms with Crippen molar-refractivity contribution in [3.63, 3.8) is 0 Å². The van der Waals surface area contributed by atoms with Crippen LogP contribution in [0.3, 0.4) is 0 Å². The average Bonchev–Trinajstić information content (AvgIpc) is 3.25. The summed E-state index contributed by atoms with van der Waals surface area (Å²) >= 11 is 0. The number of halogens is 2. The van der Waals surface area contributed by atoms with E-state index in [2.05, 4.69) is 16.0 Å². The summed E-state index contributed by atoms with van der Waals surface area (Å²) in [5.74, 6) is -2.30. The van der Waals surface area contributed by atoms with Crippen molar-refractivity contribution in [1.82, 2.24) is 16.0 Å². The van der Waals surface area contributed by atoms with Crippen molar-refractivity contribution in [3.8, 4) is 0 Å². The normalized spacial score (nSPS) is 24.0. The lowest BCUT2D eigenvalue weighted by molar-refractivity contribution is -0.121. The summed E-state index contributed by atoms with van der Waals surface area (Å²) in [5, 5.41) is 8.08. The predicted molar refractivity (Wildman–Crippen MR) is 85.8 cm³/mol. The van der Waals surface area contributed by atoms with E-state index < -0.39 is 35.7 Å². The molecule has 3 amide bonds. The van der Waals surface area contributed by atoms with Gasteiger partial charge in [0.25, 0.3) is 0 Å². The summed E-state index contributed by atoms with van der Waals surface area (Å²) < 4.78 is 32.1. The van der Waals surface area contributed by atoms with Gasteiger partial charge in [-0.25, -0.2) is 13.6 Å². The van der Waals surface area contributed by atoms with E-state index in [0.29, 0.717) is 18.6 Å². The number of hydrogen-bond acceptors (Lipinski definition) is 4. The molecule has 1 saturated carbocycles. The zero-order valence-electron chi connectivity index (χ0n) is 13.9. The number of nitrogens with one attached hydrogen (secondary N) is 3. The van der Waals surface area contributed by atoms with Crippen LogP contribution in [0.15, 0.2) is 18.2 Å². The van der Waals surface area contributed by atoms with Crippen LogP contribution in [0, 0.1) is 11.6 Å². The number of ether oxygens (including phenoxy) is 1. The average molecular weight is 353 g/mol. The Balaban J connectivity index is 1.57. The molecule has 1 aromatic rings. The second-order valence-corrected chi connectivity index (χ2v) is 6.49. The Hall–Kier alpha value is -2.06. The molecule has 1 heterocycles. The maximum Gasteiger partial charge on any atom is 0.321 e. The summed E-state index contributed by atoms with van der Waals surface area (Å²) in [6.07, 6.45) is 2.01. The third-order valence-corrected chi connectivity index (χ3v) is 4.37. The van der Waals surface area contributed by atoms with Gasteiger partial charge in [0.2, 0.25) is 5.91 Å². The Labute approximate surface area is 144 Å². The van der Waals surface area contributed by atoms with Gasteiger partial charge in [-0.2, -0.15) is 0 Å². The van der Waals surface area contributed by atoms with E-state index >= 15 is 0 Å². The lowest BCUT2D eigenvalue weighted by Gasteiger charge is -2.23. The molecule has 1 saturated heterocycles. The fourth-order valence-corrected chi connectivity index (χ4v) is 2.84. The summed E-state index contributed by atoms with van der Waals surface area (Å²) in [6, 6.07) is 2.42. The van der Waals surface area contributed by atoms with Crippen LogP contribution in [-0.4, -0.2) is 36.7 Å². The van der Waals surface area contributed by atoms with E-state index in [9.17, 15) is 18.4 Å². The van der Waals surface area contributed by atoms with Gasteiger partial charge >= 0.3 is 6.03 Å². The molecule has 1 aromatic carbocycles. The number of amides is 3. The molecule has 0 radical (unpaired) electrons. The predicted octanol–water partition coefficient (Wildman–Crippen LogP) is 1.76. The summed E-state index contributed by atoms with van der Waals surface area (Å²) in [7, 11) is 0. The maximum absolute atomic E-state index is 13.4. The van der Waals surface area contributed by atoms with Gasteiger partial charge in [0.05, 0.1) is 12.1 Å². The van der Waals surface area contributed by atoms with Crippen LogP contribution in [0.1, 0.15) is 37.9 Å². The van der Waals surface area contributed by atoms with Crippen LogP contribution in [0.2, 0.25) is 0 Å². The Morgan fingerprint density at radius 2 is 1.96 bits per heavy atom.